The molecule has 0 fully saturated rings. The Morgan fingerprint density at radius 2 is 0.909 bits per heavy atom. The molecule has 0 saturated carbocycles. The van der Waals surface area contributed by atoms with E-state index in [2.05, 4.69) is 133 Å². The van der Waals surface area contributed by atoms with Gasteiger partial charge in [-0.3, -0.25) is 0 Å². The molecule has 6 rings (SSSR count). The summed E-state index contributed by atoms with van der Waals surface area (Å²) in [6.45, 7) is 0. The molecule has 2 atom stereocenters. The Hall–Kier alpha value is -2.26. The number of rotatable bonds is 4. The molecule has 0 N–H and O–H groups in total. The average molecular weight is 628 g/mol. The number of hydrogen-bond acceptors (Lipinski definition) is 0. The van der Waals surface area contributed by atoms with E-state index in [1.165, 1.54) is 11.1 Å². The fourth-order valence-electron chi connectivity index (χ4n) is 5.26. The molecule has 2 aliphatic rings. The summed E-state index contributed by atoms with van der Waals surface area (Å²) < 4.78 is 1.23. The Morgan fingerprint density at radius 1 is 0.515 bits per heavy atom. The first-order valence-corrected chi connectivity index (χ1v) is 22.3. The summed E-state index contributed by atoms with van der Waals surface area (Å²) in [6.07, 6.45) is 9.92. The molecule has 4 aromatic carbocycles. The van der Waals surface area contributed by atoms with E-state index in [1.54, 1.807) is 21.5 Å². The third-order valence-corrected chi connectivity index (χ3v) is 35.1. The first kappa shape index (κ1) is 22.5. The molecule has 3 heteroatoms. The Labute approximate surface area is 211 Å². The molecule has 2 unspecified atom stereocenters. The number of hydrogen-bond donors (Lipinski definition) is 0. The fraction of sp³-hybridized carbons (Fsp3) is 0.0667. The number of benzene rings is 4. The van der Waals surface area contributed by atoms with Crippen LogP contribution in [0, 0.1) is 0 Å². The van der Waals surface area contributed by atoms with E-state index < -0.39 is 25.6 Å². The average Bonchev–Trinajstić information content (AvgIpc) is 3.48. The first-order valence-electron chi connectivity index (χ1n) is 11.3. The molecule has 162 valence electrons. The Balaban J connectivity index is 0.00000137. The summed E-state index contributed by atoms with van der Waals surface area (Å²) in [7, 11) is 0. The maximum Gasteiger partial charge on any atom is -1.00 e. The van der Waals surface area contributed by atoms with Crippen LogP contribution >= 0.6 is 0 Å². The van der Waals surface area contributed by atoms with E-state index in [9.17, 15) is 0 Å². The van der Waals surface area contributed by atoms with E-state index in [0.717, 1.165) is 0 Å². The van der Waals surface area contributed by atoms with Crippen LogP contribution < -0.4 is 22.8 Å². The normalized spacial score (nSPS) is 17.2. The molecule has 0 radical (unpaired) electrons. The van der Waals surface area contributed by atoms with E-state index in [4.69, 9.17) is 0 Å². The molecular weight excluding hydrogens is 602 g/mol. The molecule has 2 aliphatic carbocycles. The second-order valence-corrected chi connectivity index (χ2v) is 28.3. The summed E-state index contributed by atoms with van der Waals surface area (Å²) in [5, 5.41) is 3.17. The van der Waals surface area contributed by atoms with Crippen LogP contribution in [0.25, 0.3) is 12.2 Å². The predicted molar refractivity (Wildman–Crippen MR) is 135 cm³/mol. The number of allylic oxidation sites excluding steroid dienone is 2. The van der Waals surface area contributed by atoms with Crippen molar-refractivity contribution in [2.45, 2.75) is 7.35 Å². The van der Waals surface area contributed by atoms with Gasteiger partial charge in [-0.2, -0.15) is 0 Å². The van der Waals surface area contributed by atoms with Gasteiger partial charge in [0.05, 0.1) is 0 Å². The third-order valence-electron chi connectivity index (χ3n) is 6.68. The minimum Gasteiger partial charge on any atom is -1.00 e. The van der Waals surface area contributed by atoms with E-state index in [0.29, 0.717) is 7.35 Å². The van der Waals surface area contributed by atoms with E-state index in [-0.39, 0.29) is 13.8 Å². The van der Waals surface area contributed by atoms with Gasteiger partial charge in [-0.1, -0.05) is 0 Å². The summed E-state index contributed by atoms with van der Waals surface area (Å²) in [5.74, 6) is 0. The molecule has 4 aromatic rings. The SMILES string of the molecule is C1=C[CH]([Hf]([CH]2C=Cc3ccccc32)=[Si](c2ccccc2)c2ccccc2)c2ccccc21.[Cl-].[H-]. The van der Waals surface area contributed by atoms with Crippen molar-refractivity contribution in [3.8, 4) is 0 Å². The van der Waals surface area contributed by atoms with Crippen molar-refractivity contribution < 1.29 is 33.9 Å². The Morgan fingerprint density at radius 3 is 1.36 bits per heavy atom. The van der Waals surface area contributed by atoms with Crippen molar-refractivity contribution in [2.24, 2.45) is 0 Å². The molecule has 0 amide bonds. The van der Waals surface area contributed by atoms with Crippen LogP contribution in [0.5, 0.6) is 0 Å². The molecular formula is C30H25ClHfSi-2. The van der Waals surface area contributed by atoms with E-state index in [1.807, 2.05) is 0 Å². The van der Waals surface area contributed by atoms with Gasteiger partial charge in [-0.15, -0.1) is 0 Å². The van der Waals surface area contributed by atoms with Crippen LogP contribution in [0.2, 0.25) is 0 Å². The molecule has 33 heavy (non-hydrogen) atoms. The topological polar surface area (TPSA) is 0 Å². The molecule has 0 aliphatic heterocycles. The van der Waals surface area contributed by atoms with Crippen LogP contribution in [0.15, 0.2) is 121 Å². The van der Waals surface area contributed by atoms with Crippen LogP contribution in [-0.2, 0) is 20.1 Å². The monoisotopic (exact) mass is 628 g/mol. The van der Waals surface area contributed by atoms with Crippen molar-refractivity contribution in [1.82, 2.24) is 0 Å². The van der Waals surface area contributed by atoms with Crippen LogP contribution in [0.4, 0.5) is 0 Å². The number of halogens is 1. The van der Waals surface area contributed by atoms with Crippen LogP contribution in [0.1, 0.15) is 31.0 Å². The van der Waals surface area contributed by atoms with Crippen molar-refractivity contribution in [1.29, 1.82) is 0 Å². The summed E-state index contributed by atoms with van der Waals surface area (Å²) in [5.41, 5.74) is 5.12. The smallest absolute Gasteiger partial charge is 1.00 e. The van der Waals surface area contributed by atoms with E-state index >= 15 is 0 Å². The molecule has 0 spiro atoms. The minimum atomic E-state index is -2.48. The van der Waals surface area contributed by atoms with Crippen molar-refractivity contribution in [3.63, 3.8) is 0 Å². The van der Waals surface area contributed by atoms with Gasteiger partial charge >= 0.3 is 199 Å². The van der Waals surface area contributed by atoms with Gasteiger partial charge in [0, 0.05) is 0 Å². The molecule has 0 heterocycles. The van der Waals surface area contributed by atoms with Crippen molar-refractivity contribution >= 4 is 28.0 Å². The largest absolute Gasteiger partial charge is 1.00 e. The standard InChI is InChI=1S/C12H10Si.2C9H7.ClH.Hf.H/c1-3-7-11(8-4-1)13-12-9-5-2-6-10-12;2*1-2-5-9-7-3-6-8(9)4-1;;;/h1-10H;2*1-7H;1H;;/q;;;;;-1/p-1. The van der Waals surface area contributed by atoms with Gasteiger partial charge in [0.15, 0.2) is 0 Å². The van der Waals surface area contributed by atoms with Crippen LogP contribution in [0.3, 0.4) is 0 Å². The zero-order valence-electron chi connectivity index (χ0n) is 19.2. The van der Waals surface area contributed by atoms with Gasteiger partial charge < -0.3 is 13.8 Å². The number of fused-ring (bicyclic) bond motifs is 2. The zero-order chi connectivity index (χ0) is 21.3. The maximum atomic E-state index is 2.57. The summed E-state index contributed by atoms with van der Waals surface area (Å²) in [4.78, 5) is 0. The second kappa shape index (κ2) is 9.93. The second-order valence-electron chi connectivity index (χ2n) is 8.49. The molecule has 0 bridgehead atoms. The van der Waals surface area contributed by atoms with Gasteiger partial charge in [0.25, 0.3) is 0 Å². The molecule has 0 saturated heterocycles. The Bertz CT molecular complexity index is 1270. The summed E-state index contributed by atoms with van der Waals surface area (Å²) >= 11 is -2.48. The zero-order valence-corrected chi connectivity index (χ0v) is 23.6. The maximum absolute atomic E-state index is 2.57. The summed E-state index contributed by atoms with van der Waals surface area (Å²) in [6, 6.07) is 41.1. The van der Waals surface area contributed by atoms with Crippen molar-refractivity contribution in [3.05, 3.63) is 144 Å². The molecule has 0 aromatic heterocycles. The minimum absolute atomic E-state index is 0. The van der Waals surface area contributed by atoms with Gasteiger partial charge in [-0.25, -0.2) is 0 Å². The fourth-order valence-corrected chi connectivity index (χ4v) is 37.4. The molecule has 0 nitrogen and oxygen atoms in total. The quantitative estimate of drug-likeness (QED) is 0.306. The third kappa shape index (κ3) is 4.21. The van der Waals surface area contributed by atoms with Gasteiger partial charge in [0.1, 0.15) is 0 Å². The predicted octanol–water partition coefficient (Wildman–Crippen LogP) is 3.06. The van der Waals surface area contributed by atoms with Gasteiger partial charge in [0.2, 0.25) is 0 Å². The Kier molecular flexibility index (Phi) is 6.78. The van der Waals surface area contributed by atoms with Crippen LogP contribution in [-0.4, -0.2) is 5.49 Å². The first-order chi connectivity index (χ1) is 15.9. The van der Waals surface area contributed by atoms with Gasteiger partial charge in [-0.05, 0) is 0 Å². The van der Waals surface area contributed by atoms with Crippen molar-refractivity contribution in [2.75, 3.05) is 0 Å².